The Morgan fingerprint density at radius 2 is 2.17 bits per heavy atom. The van der Waals surface area contributed by atoms with Crippen molar-refractivity contribution in [3.8, 4) is 0 Å². The molecule has 0 fully saturated rings. The second-order valence-electron chi connectivity index (χ2n) is 3.21. The van der Waals surface area contributed by atoms with Crippen molar-refractivity contribution in [1.82, 2.24) is 19.7 Å². The molecular formula is C8H7F3N4OS2. The Kier molecular flexibility index (Phi) is 3.59. The molecule has 0 bridgehead atoms. The second-order valence-corrected chi connectivity index (χ2v) is 5.29. The summed E-state index contributed by atoms with van der Waals surface area (Å²) in [5, 5.41) is 17.7. The van der Waals surface area contributed by atoms with Crippen molar-refractivity contribution in [1.29, 1.82) is 0 Å². The number of nitrogens with zero attached hydrogens (tertiary/aromatic N) is 4. The lowest BCUT2D eigenvalue weighted by molar-refractivity contribution is -0.141. The molecular weight excluding hydrogens is 289 g/mol. The van der Waals surface area contributed by atoms with E-state index in [4.69, 9.17) is 5.11 Å². The van der Waals surface area contributed by atoms with E-state index in [-0.39, 0.29) is 10.9 Å². The van der Waals surface area contributed by atoms with Crippen LogP contribution in [0.1, 0.15) is 11.5 Å². The molecule has 0 aliphatic carbocycles. The van der Waals surface area contributed by atoms with E-state index >= 15 is 0 Å². The summed E-state index contributed by atoms with van der Waals surface area (Å²) in [6.45, 7) is -0.282. The highest BCUT2D eigenvalue weighted by Gasteiger charge is 2.33. The van der Waals surface area contributed by atoms with Crippen molar-refractivity contribution < 1.29 is 18.3 Å². The highest BCUT2D eigenvalue weighted by molar-refractivity contribution is 8.00. The molecule has 18 heavy (non-hydrogen) atoms. The lowest BCUT2D eigenvalue weighted by atomic mass is 10.5. The van der Waals surface area contributed by atoms with E-state index in [2.05, 4.69) is 15.2 Å². The first-order valence-corrected chi connectivity index (χ1v) is 6.31. The number of hydrogen-bond donors (Lipinski definition) is 1. The Bertz CT molecular complexity index is 551. The number of thiazole rings is 1. The van der Waals surface area contributed by atoms with Crippen LogP contribution in [-0.2, 0) is 19.8 Å². The van der Waals surface area contributed by atoms with Crippen LogP contribution in [0, 0.1) is 0 Å². The molecule has 0 atom stereocenters. The van der Waals surface area contributed by atoms with Gasteiger partial charge in [0.25, 0.3) is 0 Å². The van der Waals surface area contributed by atoms with E-state index in [0.717, 1.165) is 28.5 Å². The van der Waals surface area contributed by atoms with Crippen molar-refractivity contribution in [3.63, 3.8) is 0 Å². The van der Waals surface area contributed by atoms with Crippen molar-refractivity contribution in [3.05, 3.63) is 16.9 Å². The largest absolute Gasteiger partial charge is 0.434 e. The van der Waals surface area contributed by atoms with Crippen LogP contribution in [0.3, 0.4) is 0 Å². The molecule has 0 saturated carbocycles. The molecule has 0 spiro atoms. The fraction of sp³-hybridized carbons (Fsp3) is 0.375. The van der Waals surface area contributed by atoms with Crippen molar-refractivity contribution in [2.24, 2.45) is 7.05 Å². The Balaban J connectivity index is 2.19. The van der Waals surface area contributed by atoms with Gasteiger partial charge in [-0.3, -0.25) is 0 Å². The van der Waals surface area contributed by atoms with E-state index < -0.39 is 11.9 Å². The molecule has 2 heterocycles. The molecule has 0 aliphatic rings. The predicted octanol–water partition coefficient (Wildman–Crippen LogP) is 1.93. The number of aliphatic hydroxyl groups is 1. The third-order valence-electron chi connectivity index (χ3n) is 2.02. The molecule has 0 amide bonds. The topological polar surface area (TPSA) is 63.8 Å². The van der Waals surface area contributed by atoms with Gasteiger partial charge in [-0.25, -0.2) is 4.98 Å². The van der Waals surface area contributed by atoms with E-state index in [1.807, 2.05) is 0 Å². The zero-order valence-corrected chi connectivity index (χ0v) is 10.6. The maximum Gasteiger partial charge on any atom is 0.434 e. The number of hydrogen-bond acceptors (Lipinski definition) is 6. The monoisotopic (exact) mass is 296 g/mol. The summed E-state index contributed by atoms with van der Waals surface area (Å²) in [4.78, 5) is 3.47. The fourth-order valence-corrected chi connectivity index (χ4v) is 2.82. The summed E-state index contributed by atoms with van der Waals surface area (Å²) >= 11 is 1.86. The molecule has 0 aliphatic heterocycles. The van der Waals surface area contributed by atoms with Gasteiger partial charge in [-0.05, 0) is 11.8 Å². The first-order chi connectivity index (χ1) is 8.41. The third kappa shape index (κ3) is 2.65. The van der Waals surface area contributed by atoms with Gasteiger partial charge in [-0.1, -0.05) is 0 Å². The average Bonchev–Trinajstić information content (AvgIpc) is 2.87. The van der Waals surface area contributed by atoms with E-state index in [0.29, 0.717) is 11.0 Å². The molecule has 1 N–H and O–H groups in total. The van der Waals surface area contributed by atoms with Gasteiger partial charge in [0, 0.05) is 12.4 Å². The second kappa shape index (κ2) is 4.86. The molecule has 98 valence electrons. The first-order valence-electron chi connectivity index (χ1n) is 4.61. The molecule has 0 saturated heterocycles. The van der Waals surface area contributed by atoms with Crippen LogP contribution in [0.15, 0.2) is 14.9 Å². The third-order valence-corrected chi connectivity index (χ3v) is 4.00. The quantitative estimate of drug-likeness (QED) is 0.937. The average molecular weight is 296 g/mol. The summed E-state index contributed by atoms with van der Waals surface area (Å²) in [5.74, 6) is 0.338. The number of aliphatic hydroxyl groups excluding tert-OH is 1. The van der Waals surface area contributed by atoms with E-state index in [9.17, 15) is 13.2 Å². The number of halogens is 3. The number of alkyl halides is 3. The highest BCUT2D eigenvalue weighted by Crippen LogP contribution is 2.35. The summed E-state index contributed by atoms with van der Waals surface area (Å²) in [7, 11) is 1.62. The highest BCUT2D eigenvalue weighted by atomic mass is 32.2. The Morgan fingerprint density at radius 1 is 1.44 bits per heavy atom. The van der Waals surface area contributed by atoms with Crippen LogP contribution >= 0.6 is 23.1 Å². The smallest absolute Gasteiger partial charge is 0.388 e. The van der Waals surface area contributed by atoms with Crippen molar-refractivity contribution >= 4 is 23.1 Å². The molecule has 0 unspecified atom stereocenters. The molecule has 0 radical (unpaired) electrons. The molecule has 0 aromatic carbocycles. The number of aromatic nitrogens is 4. The maximum absolute atomic E-state index is 12.3. The lowest BCUT2D eigenvalue weighted by Gasteiger charge is -2.00. The van der Waals surface area contributed by atoms with Crippen LogP contribution in [0.4, 0.5) is 13.2 Å². The molecule has 2 aromatic heterocycles. The van der Waals surface area contributed by atoms with Crippen LogP contribution in [0.25, 0.3) is 0 Å². The van der Waals surface area contributed by atoms with Crippen LogP contribution in [-0.4, -0.2) is 24.9 Å². The Labute approximate surface area is 108 Å². The van der Waals surface area contributed by atoms with Gasteiger partial charge in [-0.2, -0.15) is 13.2 Å². The summed E-state index contributed by atoms with van der Waals surface area (Å²) in [6, 6.07) is 0. The molecule has 10 heteroatoms. The minimum Gasteiger partial charge on any atom is -0.388 e. The van der Waals surface area contributed by atoms with Gasteiger partial charge in [0.05, 0.1) is 0 Å². The van der Waals surface area contributed by atoms with Gasteiger partial charge in [0.15, 0.2) is 21.0 Å². The Hall–Kier alpha value is -1.13. The minimum atomic E-state index is -4.44. The van der Waals surface area contributed by atoms with Crippen LogP contribution in [0.2, 0.25) is 0 Å². The molecule has 5 nitrogen and oxygen atoms in total. The van der Waals surface area contributed by atoms with Gasteiger partial charge >= 0.3 is 6.18 Å². The molecule has 2 aromatic rings. The van der Waals surface area contributed by atoms with Crippen LogP contribution < -0.4 is 0 Å². The van der Waals surface area contributed by atoms with E-state index in [1.165, 1.54) is 4.57 Å². The summed E-state index contributed by atoms with van der Waals surface area (Å²) in [6.07, 6.45) is -4.44. The van der Waals surface area contributed by atoms with Gasteiger partial charge in [0.2, 0.25) is 0 Å². The number of rotatable bonds is 3. The maximum atomic E-state index is 12.3. The Morgan fingerprint density at radius 3 is 2.67 bits per heavy atom. The van der Waals surface area contributed by atoms with Crippen molar-refractivity contribution in [2.75, 3.05) is 0 Å². The van der Waals surface area contributed by atoms with Gasteiger partial charge in [0.1, 0.15) is 6.61 Å². The zero-order chi connectivity index (χ0) is 13.3. The zero-order valence-electron chi connectivity index (χ0n) is 8.97. The summed E-state index contributed by atoms with van der Waals surface area (Å²) < 4.78 is 38.8. The standard InChI is InChI=1S/C8H7F3N4OS2/c1-15-5(2-16)13-14-6(15)18-7-12-4(3-17-7)8(9,10)11/h3,16H,2H2,1H3. The van der Waals surface area contributed by atoms with Gasteiger partial charge < -0.3 is 9.67 Å². The van der Waals surface area contributed by atoms with Gasteiger partial charge in [-0.15, -0.1) is 21.5 Å². The van der Waals surface area contributed by atoms with Crippen molar-refractivity contribution in [2.45, 2.75) is 22.3 Å². The predicted molar refractivity (Wildman–Crippen MR) is 58.2 cm³/mol. The lowest BCUT2D eigenvalue weighted by Crippen LogP contribution is -2.04. The SMILES string of the molecule is Cn1c(CO)nnc1Sc1nc(C(F)(F)F)cs1. The fourth-order valence-electron chi connectivity index (χ4n) is 1.08. The van der Waals surface area contributed by atoms with Crippen LogP contribution in [0.5, 0.6) is 0 Å². The van der Waals surface area contributed by atoms with E-state index in [1.54, 1.807) is 7.05 Å². The minimum absolute atomic E-state index is 0.224. The summed E-state index contributed by atoms with van der Waals surface area (Å²) in [5.41, 5.74) is -0.917. The first kappa shape index (κ1) is 13.3. The normalized spacial score (nSPS) is 12.1. The molecule has 2 rings (SSSR count).